The summed E-state index contributed by atoms with van der Waals surface area (Å²) in [6.45, 7) is 0. The summed E-state index contributed by atoms with van der Waals surface area (Å²) in [5.74, 6) is 0. The van der Waals surface area contributed by atoms with Crippen LogP contribution < -0.4 is 0 Å². The number of halogens is 1. The van der Waals surface area contributed by atoms with E-state index in [9.17, 15) is 0 Å². The number of nitrogens with zero attached hydrogens (tertiary/aromatic N) is 2. The lowest BCUT2D eigenvalue weighted by molar-refractivity contribution is 1.17. The van der Waals surface area contributed by atoms with Crippen LogP contribution in [0.25, 0.3) is 0 Å². The number of nitriles is 1. The minimum absolute atomic E-state index is 0.451. The maximum absolute atomic E-state index is 8.36. The van der Waals surface area contributed by atoms with E-state index in [-0.39, 0.29) is 0 Å². The number of hydrogen-bond donors (Lipinski definition) is 0. The third-order valence-corrected chi connectivity index (χ3v) is 2.17. The predicted octanol–water partition coefficient (Wildman–Crippen LogP) is 1.75. The van der Waals surface area contributed by atoms with Gasteiger partial charge in [0, 0.05) is 16.0 Å². The summed E-state index contributed by atoms with van der Waals surface area (Å²) in [4.78, 5) is 3.91. The van der Waals surface area contributed by atoms with Gasteiger partial charge in [-0.05, 0) is 34.2 Å². The number of aromatic nitrogens is 1. The minimum atomic E-state index is 0.451. The third-order valence-electron chi connectivity index (χ3n) is 1.11. The smallest absolute Gasteiger partial charge is 0.0670 e. The first-order valence-electron chi connectivity index (χ1n) is 2.80. The molecule has 0 N–H and O–H groups in total. The van der Waals surface area contributed by atoms with E-state index >= 15 is 0 Å². The average molecular weight is 244 g/mol. The Morgan fingerprint density at radius 3 is 3.10 bits per heavy atom. The second-order valence-corrected chi connectivity index (χ2v) is 2.96. The molecule has 0 saturated heterocycles. The van der Waals surface area contributed by atoms with E-state index in [1.165, 1.54) is 0 Å². The van der Waals surface area contributed by atoms with Gasteiger partial charge in [0.1, 0.15) is 0 Å². The van der Waals surface area contributed by atoms with Gasteiger partial charge in [-0.1, -0.05) is 0 Å². The van der Waals surface area contributed by atoms with Crippen LogP contribution in [0.4, 0.5) is 0 Å². The molecule has 0 amide bonds. The van der Waals surface area contributed by atoms with E-state index in [2.05, 4.69) is 33.6 Å². The maximum Gasteiger partial charge on any atom is 0.0670 e. The van der Waals surface area contributed by atoms with Crippen LogP contribution in [-0.2, 0) is 6.42 Å². The Labute approximate surface area is 73.0 Å². The van der Waals surface area contributed by atoms with Crippen LogP contribution in [-0.4, -0.2) is 4.98 Å². The lowest BCUT2D eigenvalue weighted by Crippen LogP contribution is -1.86. The zero-order valence-corrected chi connectivity index (χ0v) is 7.37. The molecule has 0 spiro atoms. The summed E-state index contributed by atoms with van der Waals surface area (Å²) < 4.78 is 1.11. The summed E-state index contributed by atoms with van der Waals surface area (Å²) in [6.07, 6.45) is 3.90. The van der Waals surface area contributed by atoms with Crippen LogP contribution >= 0.6 is 22.6 Å². The fourth-order valence-corrected chi connectivity index (χ4v) is 1.12. The van der Waals surface area contributed by atoms with Crippen LogP contribution in [0.1, 0.15) is 5.56 Å². The van der Waals surface area contributed by atoms with Crippen LogP contribution in [0.2, 0.25) is 0 Å². The average Bonchev–Trinajstić information content (AvgIpc) is 1.94. The first-order chi connectivity index (χ1) is 4.84. The molecular formula is C7H5IN2. The van der Waals surface area contributed by atoms with Gasteiger partial charge in [0.25, 0.3) is 0 Å². The Hall–Kier alpha value is -0.630. The van der Waals surface area contributed by atoms with Crippen molar-refractivity contribution in [3.05, 3.63) is 27.6 Å². The van der Waals surface area contributed by atoms with Gasteiger partial charge >= 0.3 is 0 Å². The molecule has 3 heteroatoms. The summed E-state index contributed by atoms with van der Waals surface area (Å²) in [6, 6.07) is 3.98. The van der Waals surface area contributed by atoms with E-state index in [1.54, 1.807) is 12.4 Å². The third kappa shape index (κ3) is 1.67. The van der Waals surface area contributed by atoms with E-state index in [0.717, 1.165) is 9.13 Å². The molecule has 1 aromatic rings. The van der Waals surface area contributed by atoms with Crippen molar-refractivity contribution in [2.45, 2.75) is 6.42 Å². The Morgan fingerprint density at radius 1 is 1.70 bits per heavy atom. The molecule has 1 heterocycles. The quantitative estimate of drug-likeness (QED) is 0.705. The summed E-state index contributed by atoms with van der Waals surface area (Å²) in [5, 5.41) is 8.36. The van der Waals surface area contributed by atoms with Gasteiger partial charge in [-0.15, -0.1) is 0 Å². The molecule has 0 aliphatic carbocycles. The van der Waals surface area contributed by atoms with Gasteiger partial charge in [0.15, 0.2) is 0 Å². The van der Waals surface area contributed by atoms with Crippen molar-refractivity contribution in [2.24, 2.45) is 0 Å². The first kappa shape index (κ1) is 7.48. The van der Waals surface area contributed by atoms with Crippen LogP contribution in [0, 0.1) is 14.9 Å². The zero-order chi connectivity index (χ0) is 7.40. The van der Waals surface area contributed by atoms with Crippen molar-refractivity contribution in [1.82, 2.24) is 4.98 Å². The summed E-state index contributed by atoms with van der Waals surface area (Å²) in [7, 11) is 0. The highest BCUT2D eigenvalue weighted by molar-refractivity contribution is 14.1. The van der Waals surface area contributed by atoms with Crippen molar-refractivity contribution in [1.29, 1.82) is 5.26 Å². The van der Waals surface area contributed by atoms with Gasteiger partial charge < -0.3 is 0 Å². The van der Waals surface area contributed by atoms with Crippen molar-refractivity contribution in [2.75, 3.05) is 0 Å². The van der Waals surface area contributed by atoms with Crippen LogP contribution in [0.15, 0.2) is 18.5 Å². The molecule has 0 aliphatic rings. The van der Waals surface area contributed by atoms with Crippen molar-refractivity contribution in [3.8, 4) is 6.07 Å². The fourth-order valence-electron chi connectivity index (χ4n) is 0.625. The van der Waals surface area contributed by atoms with Crippen molar-refractivity contribution >= 4 is 22.6 Å². The molecule has 0 atom stereocenters. The molecule has 50 valence electrons. The minimum Gasteiger partial charge on any atom is -0.264 e. The molecule has 1 rings (SSSR count). The molecule has 0 unspecified atom stereocenters. The van der Waals surface area contributed by atoms with Crippen LogP contribution in [0.5, 0.6) is 0 Å². The molecule has 10 heavy (non-hydrogen) atoms. The van der Waals surface area contributed by atoms with Gasteiger partial charge in [-0.25, -0.2) is 0 Å². The monoisotopic (exact) mass is 244 g/mol. The number of rotatable bonds is 1. The lowest BCUT2D eigenvalue weighted by atomic mass is 10.2. The second kappa shape index (κ2) is 3.52. The molecule has 0 saturated carbocycles. The standard InChI is InChI=1S/C7H5IN2/c8-7-2-4-10-5-6(7)1-3-9/h2,4-5H,1H2. The summed E-state index contributed by atoms with van der Waals surface area (Å²) >= 11 is 2.19. The Morgan fingerprint density at radius 2 is 2.50 bits per heavy atom. The molecule has 0 fully saturated rings. The van der Waals surface area contributed by atoms with E-state index in [0.29, 0.717) is 6.42 Å². The Balaban J connectivity index is 2.94. The highest BCUT2D eigenvalue weighted by Gasteiger charge is 1.95. The van der Waals surface area contributed by atoms with E-state index in [4.69, 9.17) is 5.26 Å². The van der Waals surface area contributed by atoms with Crippen molar-refractivity contribution in [3.63, 3.8) is 0 Å². The molecular weight excluding hydrogens is 239 g/mol. The molecule has 0 radical (unpaired) electrons. The second-order valence-electron chi connectivity index (χ2n) is 1.80. The Kier molecular flexibility index (Phi) is 2.63. The Bertz CT molecular complexity index is 265. The number of hydrogen-bond acceptors (Lipinski definition) is 2. The summed E-state index contributed by atoms with van der Waals surface area (Å²) in [5.41, 5.74) is 1.01. The number of pyridine rings is 1. The molecule has 0 aliphatic heterocycles. The molecule has 2 nitrogen and oxygen atoms in total. The van der Waals surface area contributed by atoms with E-state index < -0.39 is 0 Å². The largest absolute Gasteiger partial charge is 0.264 e. The molecule has 0 bridgehead atoms. The highest BCUT2D eigenvalue weighted by atomic mass is 127. The predicted molar refractivity (Wildman–Crippen MR) is 46.3 cm³/mol. The fraction of sp³-hybridized carbons (Fsp3) is 0.143. The zero-order valence-electron chi connectivity index (χ0n) is 5.21. The van der Waals surface area contributed by atoms with Crippen molar-refractivity contribution < 1.29 is 0 Å². The topological polar surface area (TPSA) is 36.7 Å². The highest BCUT2D eigenvalue weighted by Crippen LogP contribution is 2.09. The van der Waals surface area contributed by atoms with Crippen LogP contribution in [0.3, 0.4) is 0 Å². The van der Waals surface area contributed by atoms with Gasteiger partial charge in [0.05, 0.1) is 12.5 Å². The molecule has 0 aromatic carbocycles. The normalized spacial score (nSPS) is 8.80. The lowest BCUT2D eigenvalue weighted by Gasteiger charge is -1.94. The SMILES string of the molecule is N#CCc1cnccc1I. The maximum atomic E-state index is 8.36. The van der Waals surface area contributed by atoms with Gasteiger partial charge in [-0.3, -0.25) is 4.98 Å². The van der Waals surface area contributed by atoms with E-state index in [1.807, 2.05) is 6.07 Å². The molecule has 1 aromatic heterocycles. The first-order valence-corrected chi connectivity index (χ1v) is 3.88. The van der Waals surface area contributed by atoms with Gasteiger partial charge in [-0.2, -0.15) is 5.26 Å². The van der Waals surface area contributed by atoms with Gasteiger partial charge in [0.2, 0.25) is 0 Å².